The molecule has 10 heteroatoms. The van der Waals surface area contributed by atoms with E-state index in [9.17, 15) is 19.2 Å². The molecule has 0 fully saturated rings. The predicted octanol–water partition coefficient (Wildman–Crippen LogP) is 11.1. The van der Waals surface area contributed by atoms with Crippen molar-refractivity contribution in [1.82, 2.24) is 0 Å². The maximum atomic E-state index is 11.9. The van der Waals surface area contributed by atoms with Crippen molar-refractivity contribution in [2.24, 2.45) is 0 Å². The smallest absolute Gasteiger partial charge is 0.305 e. The summed E-state index contributed by atoms with van der Waals surface area (Å²) >= 11 is 0. The van der Waals surface area contributed by atoms with E-state index in [0.717, 1.165) is 82.6 Å². The standard InChI is InChI=1S/C54H62N2O8/c1-37-35-43(19-29-49(37)55(45-21-7-39(8-22-45)15-31-51(57)61-3)46-23-9-40(10-24-46)16-32-52(58)62-4)44-20-30-50(38(2)36-44)56(47-25-11-41(12-26-47)17-33-53(59)63-5)48-27-13-42(14-28-48)18-34-54(60)64-6/h7-13,19-25,29-30,35-36,47-48H,14-18,26-28,31-34H2,1-6H3. The van der Waals surface area contributed by atoms with Gasteiger partial charge in [0.05, 0.1) is 34.5 Å². The molecule has 0 aromatic heterocycles. The van der Waals surface area contributed by atoms with E-state index in [4.69, 9.17) is 18.9 Å². The third kappa shape index (κ3) is 12.4. The first-order valence-electron chi connectivity index (χ1n) is 22.3. The number of esters is 4. The van der Waals surface area contributed by atoms with Crippen molar-refractivity contribution in [1.29, 1.82) is 0 Å². The lowest BCUT2D eigenvalue weighted by Crippen LogP contribution is -2.44. The number of methoxy groups -OCH3 is 4. The first-order valence-corrected chi connectivity index (χ1v) is 22.3. The monoisotopic (exact) mass is 866 g/mol. The predicted molar refractivity (Wildman–Crippen MR) is 253 cm³/mol. The van der Waals surface area contributed by atoms with Gasteiger partial charge in [-0.25, -0.2) is 0 Å². The van der Waals surface area contributed by atoms with E-state index in [2.05, 4.69) is 133 Å². The molecule has 0 saturated heterocycles. The summed E-state index contributed by atoms with van der Waals surface area (Å²) in [6, 6.07) is 30.4. The maximum absolute atomic E-state index is 11.9. The Bertz CT molecular complexity index is 2300. The highest BCUT2D eigenvalue weighted by Crippen LogP contribution is 2.40. The number of allylic oxidation sites excluding steroid dienone is 3. The summed E-state index contributed by atoms with van der Waals surface area (Å²) in [4.78, 5) is 52.3. The molecule has 0 radical (unpaired) electrons. The van der Waals surface area contributed by atoms with Crippen LogP contribution in [-0.4, -0.2) is 64.4 Å². The summed E-state index contributed by atoms with van der Waals surface area (Å²) in [5, 5.41) is 0. The van der Waals surface area contributed by atoms with Crippen LogP contribution in [0.2, 0.25) is 0 Å². The molecule has 2 aliphatic carbocycles. The normalized spacial score (nSPS) is 15.7. The van der Waals surface area contributed by atoms with Crippen molar-refractivity contribution in [2.45, 2.75) is 103 Å². The Hall–Kier alpha value is -6.42. The SMILES string of the molecule is COC(=O)CCC1=CCC(N(c2ccc(-c3ccc(N(c4ccc(CCC(=O)OC)cc4)c4ccc(CCC(=O)OC)cc4)c(C)c3)cc2C)C2CC=C(CCC(=O)OC)CC2)C=C1. The van der Waals surface area contributed by atoms with Crippen LogP contribution in [0, 0.1) is 13.8 Å². The molecule has 2 unspecified atom stereocenters. The van der Waals surface area contributed by atoms with Crippen LogP contribution in [0.1, 0.15) is 86.5 Å². The van der Waals surface area contributed by atoms with Crippen molar-refractivity contribution in [3.63, 3.8) is 0 Å². The van der Waals surface area contributed by atoms with Gasteiger partial charge in [-0.2, -0.15) is 0 Å². The first kappa shape index (κ1) is 47.1. The van der Waals surface area contributed by atoms with Gasteiger partial charge in [0.15, 0.2) is 0 Å². The van der Waals surface area contributed by atoms with Gasteiger partial charge in [0.25, 0.3) is 0 Å². The van der Waals surface area contributed by atoms with Crippen LogP contribution in [0.25, 0.3) is 11.1 Å². The summed E-state index contributed by atoms with van der Waals surface area (Å²) in [5.74, 6) is -0.844. The molecule has 2 aliphatic rings. The van der Waals surface area contributed by atoms with Gasteiger partial charge < -0.3 is 28.7 Å². The zero-order valence-corrected chi connectivity index (χ0v) is 38.2. The molecular formula is C54H62N2O8. The van der Waals surface area contributed by atoms with E-state index in [1.54, 1.807) is 0 Å². The second kappa shape index (κ2) is 22.8. The zero-order chi connectivity index (χ0) is 45.6. The average molecular weight is 867 g/mol. The average Bonchev–Trinajstić information content (AvgIpc) is 3.33. The van der Waals surface area contributed by atoms with Gasteiger partial charge >= 0.3 is 23.9 Å². The van der Waals surface area contributed by atoms with E-state index in [-0.39, 0.29) is 36.0 Å². The number of benzene rings is 4. The van der Waals surface area contributed by atoms with Crippen molar-refractivity contribution < 1.29 is 38.1 Å². The lowest BCUT2D eigenvalue weighted by molar-refractivity contribution is -0.141. The lowest BCUT2D eigenvalue weighted by atomic mass is 9.88. The molecule has 0 bridgehead atoms. The quantitative estimate of drug-likeness (QED) is 0.0513. The molecule has 0 spiro atoms. The second-order valence-electron chi connectivity index (χ2n) is 16.6. The molecule has 4 aromatic rings. The first-order chi connectivity index (χ1) is 31.0. The fraction of sp³-hybridized carbons (Fsp3) is 0.370. The third-order valence-corrected chi connectivity index (χ3v) is 12.4. The van der Waals surface area contributed by atoms with Crippen LogP contribution in [-0.2, 0) is 51.0 Å². The van der Waals surface area contributed by atoms with Crippen LogP contribution in [0.4, 0.5) is 22.7 Å². The zero-order valence-electron chi connectivity index (χ0n) is 38.2. The van der Waals surface area contributed by atoms with E-state index in [1.807, 2.05) is 0 Å². The van der Waals surface area contributed by atoms with Gasteiger partial charge in [-0.15, -0.1) is 0 Å². The molecule has 64 heavy (non-hydrogen) atoms. The maximum Gasteiger partial charge on any atom is 0.305 e. The van der Waals surface area contributed by atoms with Crippen LogP contribution in [0.5, 0.6) is 0 Å². The largest absolute Gasteiger partial charge is 0.469 e. The Labute approximate surface area is 378 Å². The number of hydrogen-bond donors (Lipinski definition) is 0. The Balaban J connectivity index is 1.28. The van der Waals surface area contributed by atoms with Gasteiger partial charge in [0.2, 0.25) is 0 Å². The molecule has 0 saturated carbocycles. The van der Waals surface area contributed by atoms with Crippen molar-refractivity contribution in [3.05, 3.63) is 143 Å². The highest BCUT2D eigenvalue weighted by atomic mass is 16.5. The van der Waals surface area contributed by atoms with E-state index >= 15 is 0 Å². The minimum atomic E-state index is -0.233. The number of carbonyl (C=O) groups is 4. The van der Waals surface area contributed by atoms with Crippen LogP contribution in [0.3, 0.4) is 0 Å². The summed E-state index contributed by atoms with van der Waals surface area (Å²) in [5.41, 5.74) is 13.3. The van der Waals surface area contributed by atoms with E-state index in [1.165, 1.54) is 45.3 Å². The number of rotatable bonds is 19. The summed E-state index contributed by atoms with van der Waals surface area (Å²) in [6.07, 6.45) is 16.7. The highest BCUT2D eigenvalue weighted by Gasteiger charge is 2.29. The molecule has 0 amide bonds. The summed E-state index contributed by atoms with van der Waals surface area (Å²) < 4.78 is 19.5. The van der Waals surface area contributed by atoms with Crippen molar-refractivity contribution in [2.75, 3.05) is 38.2 Å². The van der Waals surface area contributed by atoms with Gasteiger partial charge in [0, 0.05) is 54.5 Å². The van der Waals surface area contributed by atoms with Crippen LogP contribution in [0.15, 0.2) is 120 Å². The molecule has 4 aromatic carbocycles. The lowest BCUT2D eigenvalue weighted by Gasteiger charge is -2.42. The molecule has 6 rings (SSSR count). The number of nitrogens with zero attached hydrogens (tertiary/aromatic N) is 2. The van der Waals surface area contributed by atoms with E-state index < -0.39 is 0 Å². The number of aryl methyl sites for hydroxylation is 4. The minimum Gasteiger partial charge on any atom is -0.469 e. The number of hydrogen-bond acceptors (Lipinski definition) is 10. The fourth-order valence-corrected chi connectivity index (χ4v) is 8.72. The highest BCUT2D eigenvalue weighted by molar-refractivity contribution is 5.81. The Morgan fingerprint density at radius 3 is 1.48 bits per heavy atom. The number of ether oxygens (including phenoxy) is 4. The molecule has 10 nitrogen and oxygen atoms in total. The molecule has 0 aliphatic heterocycles. The summed E-state index contributed by atoms with van der Waals surface area (Å²) in [7, 11) is 5.69. The van der Waals surface area contributed by atoms with Crippen molar-refractivity contribution in [3.8, 4) is 11.1 Å². The van der Waals surface area contributed by atoms with Crippen LogP contribution >= 0.6 is 0 Å². The third-order valence-electron chi connectivity index (χ3n) is 12.4. The molecular weight excluding hydrogens is 805 g/mol. The number of anilines is 4. The van der Waals surface area contributed by atoms with Gasteiger partial charge in [0.1, 0.15) is 0 Å². The number of carbonyl (C=O) groups excluding carboxylic acids is 4. The van der Waals surface area contributed by atoms with E-state index in [0.29, 0.717) is 44.9 Å². The van der Waals surface area contributed by atoms with Crippen LogP contribution < -0.4 is 9.80 Å². The Morgan fingerprint density at radius 1 is 0.562 bits per heavy atom. The molecule has 336 valence electrons. The molecule has 0 heterocycles. The molecule has 0 N–H and O–H groups in total. The minimum absolute atomic E-state index is 0.151. The van der Waals surface area contributed by atoms with Gasteiger partial charge in [-0.05, 0) is 147 Å². The summed E-state index contributed by atoms with van der Waals surface area (Å²) in [6.45, 7) is 4.34. The van der Waals surface area contributed by atoms with Crippen molar-refractivity contribution >= 4 is 46.6 Å². The molecule has 2 atom stereocenters. The fourth-order valence-electron chi connectivity index (χ4n) is 8.72. The topological polar surface area (TPSA) is 112 Å². The second-order valence-corrected chi connectivity index (χ2v) is 16.6. The van der Waals surface area contributed by atoms with Gasteiger partial charge in [-0.1, -0.05) is 71.8 Å². The Kier molecular flexibility index (Phi) is 16.8. The Morgan fingerprint density at radius 2 is 1.05 bits per heavy atom. The van der Waals surface area contributed by atoms with Gasteiger partial charge in [-0.3, -0.25) is 19.2 Å².